The van der Waals surface area contributed by atoms with Gasteiger partial charge in [-0.2, -0.15) is 4.98 Å². The van der Waals surface area contributed by atoms with Crippen molar-refractivity contribution in [1.82, 2.24) is 14.9 Å². The number of ketones is 1. The van der Waals surface area contributed by atoms with Crippen molar-refractivity contribution in [3.05, 3.63) is 54.2 Å². The van der Waals surface area contributed by atoms with Crippen LogP contribution in [-0.2, 0) is 16.0 Å². The number of nitrogens with one attached hydrogen (secondary N) is 2. The smallest absolute Gasteiger partial charge is 0.224 e. The van der Waals surface area contributed by atoms with E-state index in [2.05, 4.69) is 27.2 Å². The number of hydrogen-bond acceptors (Lipinski definition) is 6. The van der Waals surface area contributed by atoms with Gasteiger partial charge in [-0.15, -0.1) is 0 Å². The highest BCUT2D eigenvalue weighted by Gasteiger charge is 2.19. The lowest BCUT2D eigenvalue weighted by atomic mass is 10.1. The van der Waals surface area contributed by atoms with Crippen molar-refractivity contribution in [1.29, 1.82) is 0 Å². The average Bonchev–Trinajstić information content (AvgIpc) is 2.72. The highest BCUT2D eigenvalue weighted by atomic mass is 16.1. The number of amides is 1. The summed E-state index contributed by atoms with van der Waals surface area (Å²) in [5.74, 6) is 1.22. The molecule has 0 saturated carbocycles. The second-order valence-corrected chi connectivity index (χ2v) is 6.91. The van der Waals surface area contributed by atoms with Crippen molar-refractivity contribution in [2.45, 2.75) is 32.2 Å². The van der Waals surface area contributed by atoms with Gasteiger partial charge in [0.15, 0.2) is 5.78 Å². The van der Waals surface area contributed by atoms with Gasteiger partial charge in [0.05, 0.1) is 0 Å². The van der Waals surface area contributed by atoms with E-state index in [1.54, 1.807) is 11.1 Å². The van der Waals surface area contributed by atoms with E-state index in [0.717, 1.165) is 49.2 Å². The molecule has 146 valence electrons. The molecule has 0 unspecified atom stereocenters. The minimum atomic E-state index is -0.0299. The van der Waals surface area contributed by atoms with Gasteiger partial charge < -0.3 is 15.5 Å². The van der Waals surface area contributed by atoms with Gasteiger partial charge >= 0.3 is 0 Å². The van der Waals surface area contributed by atoms with Crippen molar-refractivity contribution in [3.63, 3.8) is 0 Å². The van der Waals surface area contributed by atoms with E-state index in [1.165, 1.54) is 6.08 Å². The molecule has 0 radical (unpaired) electrons. The lowest BCUT2D eigenvalue weighted by Crippen LogP contribution is -2.38. The Morgan fingerprint density at radius 2 is 2.07 bits per heavy atom. The Labute approximate surface area is 164 Å². The summed E-state index contributed by atoms with van der Waals surface area (Å²) in [6.07, 6.45) is 6.03. The van der Waals surface area contributed by atoms with Crippen molar-refractivity contribution in [2.24, 2.45) is 0 Å². The van der Waals surface area contributed by atoms with Crippen LogP contribution in [-0.4, -0.2) is 46.2 Å². The molecule has 2 heterocycles. The third-order valence-electron chi connectivity index (χ3n) is 4.85. The summed E-state index contributed by atoms with van der Waals surface area (Å²) in [5, 5.41) is 6.69. The Kier molecular flexibility index (Phi) is 6.37. The second kappa shape index (κ2) is 9.12. The Hall–Kier alpha value is -3.22. The first-order valence-electron chi connectivity index (χ1n) is 9.38. The van der Waals surface area contributed by atoms with Gasteiger partial charge in [-0.3, -0.25) is 9.59 Å². The number of anilines is 3. The molecule has 1 aromatic heterocycles. The van der Waals surface area contributed by atoms with Gasteiger partial charge in [0.1, 0.15) is 5.82 Å². The third kappa shape index (κ3) is 4.94. The first kappa shape index (κ1) is 19.5. The number of para-hydroxylation sites is 1. The highest BCUT2D eigenvalue weighted by Crippen LogP contribution is 2.24. The Balaban J connectivity index is 1.73. The Bertz CT molecular complexity index is 860. The summed E-state index contributed by atoms with van der Waals surface area (Å²) < 4.78 is 0. The first-order valence-corrected chi connectivity index (χ1v) is 9.38. The molecule has 28 heavy (non-hydrogen) atoms. The SMILES string of the molecule is C=CC(=O)Cc1ccccc1Nc1nc(NC2CCN(C=O)CC2)ncc1C. The maximum absolute atomic E-state index is 11.8. The van der Waals surface area contributed by atoms with Crippen LogP contribution in [0.1, 0.15) is 24.0 Å². The van der Waals surface area contributed by atoms with Gasteiger partial charge in [-0.25, -0.2) is 4.98 Å². The van der Waals surface area contributed by atoms with Crippen LogP contribution in [0.5, 0.6) is 0 Å². The second-order valence-electron chi connectivity index (χ2n) is 6.91. The minimum absolute atomic E-state index is 0.0299. The summed E-state index contributed by atoms with van der Waals surface area (Å²) >= 11 is 0. The fourth-order valence-corrected chi connectivity index (χ4v) is 3.15. The number of rotatable bonds is 8. The van der Waals surface area contributed by atoms with Crippen molar-refractivity contribution in [3.8, 4) is 0 Å². The van der Waals surface area contributed by atoms with Crippen molar-refractivity contribution >= 4 is 29.6 Å². The number of aryl methyl sites for hydroxylation is 1. The zero-order chi connectivity index (χ0) is 19.9. The predicted molar refractivity (Wildman–Crippen MR) is 110 cm³/mol. The van der Waals surface area contributed by atoms with Crippen molar-refractivity contribution in [2.75, 3.05) is 23.7 Å². The minimum Gasteiger partial charge on any atom is -0.351 e. The maximum atomic E-state index is 11.8. The van der Waals surface area contributed by atoms with Crippen LogP contribution < -0.4 is 10.6 Å². The molecule has 2 aromatic rings. The van der Waals surface area contributed by atoms with E-state index >= 15 is 0 Å². The molecule has 7 heteroatoms. The normalized spacial score (nSPS) is 14.4. The van der Waals surface area contributed by atoms with Gasteiger partial charge in [-0.05, 0) is 37.5 Å². The molecular weight excluding hydrogens is 354 g/mol. The molecule has 0 bridgehead atoms. The zero-order valence-electron chi connectivity index (χ0n) is 16.0. The van der Waals surface area contributed by atoms with Gasteiger partial charge in [0, 0.05) is 43.0 Å². The summed E-state index contributed by atoms with van der Waals surface area (Å²) in [4.78, 5) is 33.4. The van der Waals surface area contributed by atoms with E-state index in [1.807, 2.05) is 31.2 Å². The number of aromatic nitrogens is 2. The number of nitrogens with zero attached hydrogens (tertiary/aromatic N) is 3. The van der Waals surface area contributed by atoms with E-state index in [9.17, 15) is 9.59 Å². The number of carbonyl (C=O) groups is 2. The highest BCUT2D eigenvalue weighted by molar-refractivity contribution is 5.92. The molecule has 0 spiro atoms. The van der Waals surface area contributed by atoms with Crippen LogP contribution in [0.15, 0.2) is 43.1 Å². The third-order valence-corrected chi connectivity index (χ3v) is 4.85. The van der Waals surface area contributed by atoms with Crippen molar-refractivity contribution < 1.29 is 9.59 Å². The van der Waals surface area contributed by atoms with E-state index in [0.29, 0.717) is 11.8 Å². The van der Waals surface area contributed by atoms with Crippen LogP contribution >= 0.6 is 0 Å². The van der Waals surface area contributed by atoms with Crippen LogP contribution in [0, 0.1) is 6.92 Å². The molecule has 3 rings (SSSR count). The van der Waals surface area contributed by atoms with Gasteiger partial charge in [0.2, 0.25) is 12.4 Å². The van der Waals surface area contributed by atoms with Gasteiger partial charge in [0.25, 0.3) is 0 Å². The summed E-state index contributed by atoms with van der Waals surface area (Å²) in [6.45, 7) is 6.96. The molecule has 1 aliphatic rings. The molecule has 1 saturated heterocycles. The molecule has 0 aliphatic carbocycles. The molecule has 1 amide bonds. The summed E-state index contributed by atoms with van der Waals surface area (Å²) in [7, 11) is 0. The standard InChI is InChI=1S/C21H25N5O2/c1-3-18(28)12-16-6-4-5-7-19(16)24-20-15(2)13-22-21(25-20)23-17-8-10-26(14-27)11-9-17/h3-7,13-14,17H,1,8-12H2,2H3,(H2,22,23,24,25). The van der Waals surface area contributed by atoms with E-state index < -0.39 is 0 Å². The van der Waals surface area contributed by atoms with Crippen LogP contribution in [0.3, 0.4) is 0 Å². The summed E-state index contributed by atoms with van der Waals surface area (Å²) in [6, 6.07) is 7.91. The first-order chi connectivity index (χ1) is 13.6. The predicted octanol–water partition coefficient (Wildman–Crippen LogP) is 2.86. The molecule has 2 N–H and O–H groups in total. The number of carbonyl (C=O) groups excluding carboxylic acids is 2. The summed E-state index contributed by atoms with van der Waals surface area (Å²) in [5.41, 5.74) is 2.64. The fraction of sp³-hybridized carbons (Fsp3) is 0.333. The lowest BCUT2D eigenvalue weighted by molar-refractivity contribution is -0.119. The zero-order valence-corrected chi connectivity index (χ0v) is 16.0. The Morgan fingerprint density at radius 3 is 2.79 bits per heavy atom. The van der Waals surface area contributed by atoms with Crippen LogP contribution in [0.2, 0.25) is 0 Å². The molecule has 1 aliphatic heterocycles. The topological polar surface area (TPSA) is 87.2 Å². The molecule has 1 fully saturated rings. The quantitative estimate of drug-likeness (QED) is 0.542. The Morgan fingerprint density at radius 1 is 1.32 bits per heavy atom. The van der Waals surface area contributed by atoms with Crippen LogP contribution in [0.4, 0.5) is 17.5 Å². The lowest BCUT2D eigenvalue weighted by Gasteiger charge is -2.29. The van der Waals surface area contributed by atoms with Crippen LogP contribution in [0.25, 0.3) is 0 Å². The average molecular weight is 379 g/mol. The number of allylic oxidation sites excluding steroid dienone is 1. The monoisotopic (exact) mass is 379 g/mol. The number of benzene rings is 1. The fourth-order valence-electron chi connectivity index (χ4n) is 3.15. The number of likely N-dealkylation sites (tertiary alicyclic amines) is 1. The maximum Gasteiger partial charge on any atom is 0.224 e. The molecular formula is C21H25N5O2. The number of hydrogen-bond donors (Lipinski definition) is 2. The molecule has 7 nitrogen and oxygen atoms in total. The largest absolute Gasteiger partial charge is 0.351 e. The van der Waals surface area contributed by atoms with Gasteiger partial charge in [-0.1, -0.05) is 24.8 Å². The molecule has 1 aromatic carbocycles. The molecule has 0 atom stereocenters. The number of piperidine rings is 1. The van der Waals surface area contributed by atoms with E-state index in [4.69, 9.17) is 0 Å². The van der Waals surface area contributed by atoms with E-state index in [-0.39, 0.29) is 18.2 Å².